The summed E-state index contributed by atoms with van der Waals surface area (Å²) in [7, 11) is -0.390. The summed E-state index contributed by atoms with van der Waals surface area (Å²) in [5, 5.41) is 0. The van der Waals surface area contributed by atoms with Crippen LogP contribution in [0, 0.1) is 0 Å². The van der Waals surface area contributed by atoms with Crippen molar-refractivity contribution in [3.63, 3.8) is 0 Å². The molecule has 0 saturated heterocycles. The minimum atomic E-state index is -0.390. The topological polar surface area (TPSA) is 4.44 Å². The Morgan fingerprint density at radius 3 is 2.35 bits per heavy atom. The van der Waals surface area contributed by atoms with Gasteiger partial charge in [0, 0.05) is 5.56 Å². The number of hydrogen-bond donors (Lipinski definition) is 1. The molecule has 1 radical (unpaired) electrons. The van der Waals surface area contributed by atoms with E-state index in [0.29, 0.717) is 11.6 Å². The lowest BCUT2D eigenvalue weighted by Gasteiger charge is -2.39. The highest BCUT2D eigenvalue weighted by Crippen LogP contribution is 2.26. The Bertz CT molecular complexity index is 429. The molecule has 2 atom stereocenters. The minimum Gasteiger partial charge on any atom is -0.379 e. The van der Waals surface area contributed by atoms with Gasteiger partial charge in [0.15, 0.2) is 0 Å². The highest BCUT2D eigenvalue weighted by molar-refractivity contribution is 6.46. The van der Waals surface area contributed by atoms with Crippen molar-refractivity contribution in [3.8, 4) is 0 Å². The monoisotopic (exact) mass is 245 g/mol. The zero-order valence-electron chi connectivity index (χ0n) is 11.5. The summed E-state index contributed by atoms with van der Waals surface area (Å²) in [6.45, 7) is 11.9. The van der Waals surface area contributed by atoms with Crippen LogP contribution in [-0.2, 0) is 0 Å². The van der Waals surface area contributed by atoms with E-state index in [-0.39, 0.29) is 8.96 Å². The van der Waals surface area contributed by atoms with E-state index in [9.17, 15) is 0 Å². The molecule has 0 aliphatic heterocycles. The van der Waals surface area contributed by atoms with Gasteiger partial charge >= 0.3 is 8.96 Å². The summed E-state index contributed by atoms with van der Waals surface area (Å²) >= 11 is 0. The Labute approximate surface area is 107 Å². The van der Waals surface area contributed by atoms with Gasteiger partial charge in [0.05, 0.1) is 5.54 Å². The predicted octanol–water partition coefficient (Wildman–Crippen LogP) is 2.69. The number of nitrogens with one attached hydrogen (secondary N) is 1. The average Bonchev–Trinajstić information content (AvgIpc) is 2.60. The van der Waals surface area contributed by atoms with Crippen LogP contribution < -0.4 is 4.57 Å². The van der Waals surface area contributed by atoms with Crippen LogP contribution in [0.15, 0.2) is 30.3 Å². The fourth-order valence-electron chi connectivity index (χ4n) is 3.03. The van der Waals surface area contributed by atoms with Gasteiger partial charge in [-0.2, -0.15) is 0 Å². The summed E-state index contributed by atoms with van der Waals surface area (Å²) in [4.78, 5) is 0. The first-order valence-corrected chi connectivity index (χ1v) is 8.86. The molecule has 0 amide bonds. The lowest BCUT2D eigenvalue weighted by molar-refractivity contribution is -0.869. The van der Waals surface area contributed by atoms with E-state index in [1.54, 1.807) is 4.57 Å². The van der Waals surface area contributed by atoms with E-state index in [1.165, 1.54) is 11.1 Å². The second-order valence-electron chi connectivity index (χ2n) is 6.13. The van der Waals surface area contributed by atoms with Crippen LogP contribution in [0.1, 0.15) is 37.9 Å². The van der Waals surface area contributed by atoms with E-state index in [1.807, 2.05) is 0 Å². The van der Waals surface area contributed by atoms with Crippen molar-refractivity contribution in [1.29, 1.82) is 0 Å². The molecule has 0 bridgehead atoms. The largest absolute Gasteiger partial charge is 0.379 e. The highest BCUT2D eigenvalue weighted by Gasteiger charge is 2.38. The van der Waals surface area contributed by atoms with Crippen LogP contribution in [0.4, 0.5) is 0 Å². The first kappa shape index (κ1) is 12.6. The van der Waals surface area contributed by atoms with Crippen LogP contribution in [0.3, 0.4) is 0 Å². The van der Waals surface area contributed by atoms with E-state index in [4.69, 9.17) is 0 Å². The summed E-state index contributed by atoms with van der Waals surface area (Å²) in [6, 6.07) is 9.36. The fourth-order valence-corrected chi connectivity index (χ4v) is 5.40. The van der Waals surface area contributed by atoms with Crippen molar-refractivity contribution in [2.24, 2.45) is 0 Å². The molecule has 0 aromatic heterocycles. The lowest BCUT2D eigenvalue weighted by atomic mass is 10.0. The van der Waals surface area contributed by atoms with E-state index >= 15 is 0 Å². The molecule has 2 rings (SSSR count). The van der Waals surface area contributed by atoms with Crippen molar-refractivity contribution in [3.05, 3.63) is 41.5 Å². The van der Waals surface area contributed by atoms with E-state index < -0.39 is 0 Å². The van der Waals surface area contributed by atoms with Crippen molar-refractivity contribution in [2.75, 3.05) is 0 Å². The fraction of sp³-hybridized carbons (Fsp3) is 0.467. The quantitative estimate of drug-likeness (QED) is 0.764. The zero-order valence-corrected chi connectivity index (χ0v) is 12.5. The lowest BCUT2D eigenvalue weighted by Crippen LogP contribution is -3.23. The van der Waals surface area contributed by atoms with Gasteiger partial charge in [0.1, 0.15) is 6.04 Å². The number of benzene rings is 1. The smallest absolute Gasteiger partial charge is 0.329 e. The summed E-state index contributed by atoms with van der Waals surface area (Å²) in [6.07, 6.45) is 4.68. The van der Waals surface area contributed by atoms with Crippen LogP contribution >= 0.6 is 0 Å². The molecular weight excluding hydrogens is 222 g/mol. The Kier molecular flexibility index (Phi) is 3.28. The van der Waals surface area contributed by atoms with Crippen molar-refractivity contribution in [1.82, 2.24) is 0 Å². The Balaban J connectivity index is 2.39. The Morgan fingerprint density at radius 2 is 1.76 bits per heavy atom. The second-order valence-corrected chi connectivity index (χ2v) is 8.67. The van der Waals surface area contributed by atoms with Crippen molar-refractivity contribution >= 4 is 15.0 Å². The molecule has 1 N–H and O–H groups in total. The van der Waals surface area contributed by atoms with Crippen LogP contribution in [0.5, 0.6) is 0 Å². The standard InChI is InChI=1S/C15H23NSi/c1-15(2,3)16(17(4)5)14-11-10-12-8-6-7-9-13(12)14/h6-11,14,16H,1-5H3/q+1. The first-order valence-electron chi connectivity index (χ1n) is 6.36. The average molecular weight is 245 g/mol. The summed E-state index contributed by atoms with van der Waals surface area (Å²) in [5.74, 6) is 0. The molecule has 1 nitrogen and oxygen atoms in total. The predicted molar refractivity (Wildman–Crippen MR) is 76.4 cm³/mol. The molecule has 0 heterocycles. The van der Waals surface area contributed by atoms with Crippen molar-refractivity contribution in [2.45, 2.75) is 45.4 Å². The minimum absolute atomic E-state index is 0.310. The van der Waals surface area contributed by atoms with Crippen LogP contribution in [0.25, 0.3) is 6.08 Å². The number of quaternary nitrogens is 1. The second kappa shape index (κ2) is 4.43. The maximum atomic E-state index is 2.42. The summed E-state index contributed by atoms with van der Waals surface area (Å²) < 4.78 is 1.74. The van der Waals surface area contributed by atoms with Gasteiger partial charge in [-0.15, -0.1) is 0 Å². The molecule has 2 unspecified atom stereocenters. The molecule has 2 heteroatoms. The molecule has 17 heavy (non-hydrogen) atoms. The molecule has 0 spiro atoms. The molecule has 0 fully saturated rings. The third kappa shape index (κ3) is 2.38. The summed E-state index contributed by atoms with van der Waals surface area (Å²) in [5.41, 5.74) is 3.22. The van der Waals surface area contributed by atoms with Gasteiger partial charge < -0.3 is 4.57 Å². The van der Waals surface area contributed by atoms with E-state index in [0.717, 1.165) is 0 Å². The normalized spacial score (nSPS) is 20.7. The maximum Gasteiger partial charge on any atom is 0.329 e. The highest BCUT2D eigenvalue weighted by atomic mass is 28.3. The molecule has 1 aromatic rings. The van der Waals surface area contributed by atoms with Gasteiger partial charge in [0.25, 0.3) is 0 Å². The molecule has 1 aliphatic carbocycles. The molecular formula is C15H23NSi+. The van der Waals surface area contributed by atoms with Gasteiger partial charge in [-0.25, -0.2) is 0 Å². The van der Waals surface area contributed by atoms with Gasteiger partial charge in [-0.05, 0) is 45.5 Å². The van der Waals surface area contributed by atoms with Gasteiger partial charge in [-0.3, -0.25) is 0 Å². The molecule has 91 valence electrons. The van der Waals surface area contributed by atoms with Gasteiger partial charge in [-0.1, -0.05) is 30.3 Å². The van der Waals surface area contributed by atoms with E-state index in [2.05, 4.69) is 70.3 Å². The zero-order chi connectivity index (χ0) is 12.6. The Hall–Kier alpha value is -0.863. The third-order valence-electron chi connectivity index (χ3n) is 3.46. The number of rotatable bonds is 2. The first-order chi connectivity index (χ1) is 7.91. The molecule has 1 aromatic carbocycles. The number of hydrogen-bond acceptors (Lipinski definition) is 0. The van der Waals surface area contributed by atoms with Crippen LogP contribution in [0.2, 0.25) is 13.1 Å². The third-order valence-corrected chi connectivity index (χ3v) is 5.60. The SMILES string of the molecule is C[Si](C)[NH+](C1C=Cc2ccccc21)C(C)(C)C. The van der Waals surface area contributed by atoms with Gasteiger partial charge in [0.2, 0.25) is 0 Å². The number of fused-ring (bicyclic) bond motifs is 1. The van der Waals surface area contributed by atoms with Crippen molar-refractivity contribution < 1.29 is 4.57 Å². The Morgan fingerprint density at radius 1 is 1.12 bits per heavy atom. The van der Waals surface area contributed by atoms with Crippen LogP contribution in [-0.4, -0.2) is 14.5 Å². The maximum absolute atomic E-state index is 2.42. The molecule has 1 aliphatic rings. The molecule has 0 saturated carbocycles.